The predicted molar refractivity (Wildman–Crippen MR) is 90.7 cm³/mol. The summed E-state index contributed by atoms with van der Waals surface area (Å²) in [5.74, 6) is -2.08. The van der Waals surface area contributed by atoms with Gasteiger partial charge in [-0.1, -0.05) is 6.07 Å². The lowest BCUT2D eigenvalue weighted by molar-refractivity contribution is -0.123. The summed E-state index contributed by atoms with van der Waals surface area (Å²) >= 11 is 0. The standard InChI is InChI=1S/C18H17FN2O4/c1-11(25-18(24)13-4-3-5-14(19)10-13)17(23)21-16-8-6-15(7-9-16)20-12(2)22/h3-11H,1-2H3,(H,20,22)(H,21,23). The van der Waals surface area contributed by atoms with Crippen molar-refractivity contribution in [1.82, 2.24) is 0 Å². The minimum Gasteiger partial charge on any atom is -0.449 e. The Bertz CT molecular complexity index is 790. The molecule has 1 unspecified atom stereocenters. The zero-order chi connectivity index (χ0) is 18.4. The second-order valence-electron chi connectivity index (χ2n) is 5.31. The second kappa shape index (κ2) is 8.05. The van der Waals surface area contributed by atoms with E-state index in [9.17, 15) is 18.8 Å². The van der Waals surface area contributed by atoms with Crippen molar-refractivity contribution in [2.24, 2.45) is 0 Å². The van der Waals surface area contributed by atoms with E-state index in [1.54, 1.807) is 24.3 Å². The fourth-order valence-electron chi connectivity index (χ4n) is 1.98. The third-order valence-electron chi connectivity index (χ3n) is 3.19. The number of benzene rings is 2. The van der Waals surface area contributed by atoms with Crippen LogP contribution in [-0.2, 0) is 14.3 Å². The smallest absolute Gasteiger partial charge is 0.339 e. The number of anilines is 2. The van der Waals surface area contributed by atoms with Crippen molar-refractivity contribution in [1.29, 1.82) is 0 Å². The fourth-order valence-corrected chi connectivity index (χ4v) is 1.98. The largest absolute Gasteiger partial charge is 0.449 e. The number of ether oxygens (including phenoxy) is 1. The molecule has 0 aliphatic carbocycles. The van der Waals surface area contributed by atoms with Gasteiger partial charge in [-0.15, -0.1) is 0 Å². The molecular weight excluding hydrogens is 327 g/mol. The van der Waals surface area contributed by atoms with Crippen LogP contribution in [0.3, 0.4) is 0 Å². The van der Waals surface area contributed by atoms with E-state index in [2.05, 4.69) is 10.6 Å². The highest BCUT2D eigenvalue weighted by atomic mass is 19.1. The second-order valence-corrected chi connectivity index (χ2v) is 5.31. The first-order chi connectivity index (χ1) is 11.8. The first-order valence-electron chi connectivity index (χ1n) is 7.50. The van der Waals surface area contributed by atoms with E-state index in [1.807, 2.05) is 0 Å². The minimum absolute atomic E-state index is 0.0271. The molecule has 130 valence electrons. The van der Waals surface area contributed by atoms with Gasteiger partial charge in [-0.3, -0.25) is 9.59 Å². The molecular formula is C18H17FN2O4. The number of hydrogen-bond donors (Lipinski definition) is 2. The highest BCUT2D eigenvalue weighted by Crippen LogP contribution is 2.14. The first-order valence-corrected chi connectivity index (χ1v) is 7.50. The third kappa shape index (κ3) is 5.42. The van der Waals surface area contributed by atoms with E-state index in [4.69, 9.17) is 4.74 Å². The molecule has 25 heavy (non-hydrogen) atoms. The first kappa shape index (κ1) is 18.1. The van der Waals surface area contributed by atoms with Gasteiger partial charge in [0.25, 0.3) is 5.91 Å². The van der Waals surface area contributed by atoms with Crippen molar-refractivity contribution in [3.05, 3.63) is 59.9 Å². The van der Waals surface area contributed by atoms with Crippen LogP contribution in [0.2, 0.25) is 0 Å². The minimum atomic E-state index is -1.06. The number of halogens is 1. The molecule has 0 fully saturated rings. The zero-order valence-electron chi connectivity index (χ0n) is 13.7. The molecule has 0 saturated carbocycles. The van der Waals surface area contributed by atoms with Gasteiger partial charge in [-0.05, 0) is 49.4 Å². The van der Waals surface area contributed by atoms with Crippen molar-refractivity contribution >= 4 is 29.2 Å². The van der Waals surface area contributed by atoms with Crippen LogP contribution < -0.4 is 10.6 Å². The highest BCUT2D eigenvalue weighted by molar-refractivity contribution is 5.97. The summed E-state index contributed by atoms with van der Waals surface area (Å²) in [5, 5.41) is 5.19. The van der Waals surface area contributed by atoms with E-state index in [0.29, 0.717) is 11.4 Å². The Kier molecular flexibility index (Phi) is 5.84. The topological polar surface area (TPSA) is 84.5 Å². The van der Waals surface area contributed by atoms with Gasteiger partial charge in [0.1, 0.15) is 5.82 Å². The molecule has 0 bridgehead atoms. The molecule has 0 saturated heterocycles. The molecule has 2 amide bonds. The van der Waals surface area contributed by atoms with Crippen LogP contribution in [-0.4, -0.2) is 23.9 Å². The lowest BCUT2D eigenvalue weighted by Crippen LogP contribution is -2.30. The van der Waals surface area contributed by atoms with Crippen molar-refractivity contribution < 1.29 is 23.5 Å². The monoisotopic (exact) mass is 344 g/mol. The number of nitrogens with one attached hydrogen (secondary N) is 2. The number of carbonyl (C=O) groups excluding carboxylic acids is 3. The van der Waals surface area contributed by atoms with E-state index >= 15 is 0 Å². The Balaban J connectivity index is 1.93. The molecule has 7 heteroatoms. The molecule has 2 N–H and O–H groups in total. The normalized spacial score (nSPS) is 11.3. The van der Waals surface area contributed by atoms with Crippen molar-refractivity contribution in [2.75, 3.05) is 10.6 Å². The van der Waals surface area contributed by atoms with E-state index in [1.165, 1.54) is 32.0 Å². The molecule has 0 heterocycles. The molecule has 0 radical (unpaired) electrons. The summed E-state index contributed by atoms with van der Waals surface area (Å²) < 4.78 is 18.1. The molecule has 2 aromatic rings. The third-order valence-corrected chi connectivity index (χ3v) is 3.19. The van der Waals surface area contributed by atoms with Gasteiger partial charge >= 0.3 is 5.97 Å². The summed E-state index contributed by atoms with van der Waals surface area (Å²) in [6, 6.07) is 11.5. The number of esters is 1. The van der Waals surface area contributed by atoms with Crippen LogP contribution >= 0.6 is 0 Å². The Labute approximate surface area is 144 Å². The fraction of sp³-hybridized carbons (Fsp3) is 0.167. The number of hydrogen-bond acceptors (Lipinski definition) is 4. The Morgan fingerprint density at radius 1 is 1.00 bits per heavy atom. The molecule has 2 aromatic carbocycles. The van der Waals surface area contributed by atoms with Crippen LogP contribution in [0, 0.1) is 5.82 Å². The van der Waals surface area contributed by atoms with Crippen LogP contribution in [0.5, 0.6) is 0 Å². The maximum atomic E-state index is 13.1. The molecule has 6 nitrogen and oxygen atoms in total. The Morgan fingerprint density at radius 2 is 1.60 bits per heavy atom. The summed E-state index contributed by atoms with van der Waals surface area (Å²) in [4.78, 5) is 34.9. The van der Waals surface area contributed by atoms with Gasteiger partial charge in [0.15, 0.2) is 6.10 Å². The van der Waals surface area contributed by atoms with Gasteiger partial charge in [0.05, 0.1) is 5.56 Å². The van der Waals surface area contributed by atoms with E-state index in [-0.39, 0.29) is 11.5 Å². The maximum Gasteiger partial charge on any atom is 0.339 e. The molecule has 2 rings (SSSR count). The average molecular weight is 344 g/mol. The van der Waals surface area contributed by atoms with Crippen molar-refractivity contribution in [2.45, 2.75) is 20.0 Å². The summed E-state index contributed by atoms with van der Waals surface area (Å²) in [5.41, 5.74) is 1.10. The van der Waals surface area contributed by atoms with E-state index < -0.39 is 23.8 Å². The average Bonchev–Trinajstić information content (AvgIpc) is 2.56. The van der Waals surface area contributed by atoms with Gasteiger partial charge in [-0.25, -0.2) is 9.18 Å². The van der Waals surface area contributed by atoms with Gasteiger partial charge in [0, 0.05) is 18.3 Å². The lowest BCUT2D eigenvalue weighted by Gasteiger charge is -2.14. The molecule has 0 aliphatic rings. The summed E-state index contributed by atoms with van der Waals surface area (Å²) in [6.45, 7) is 2.81. The molecule has 0 aliphatic heterocycles. The molecule has 0 spiro atoms. The molecule has 1 atom stereocenters. The van der Waals surface area contributed by atoms with Crippen molar-refractivity contribution in [3.63, 3.8) is 0 Å². The van der Waals surface area contributed by atoms with E-state index in [0.717, 1.165) is 6.07 Å². The van der Waals surface area contributed by atoms with Crippen LogP contribution in [0.1, 0.15) is 24.2 Å². The SMILES string of the molecule is CC(=O)Nc1ccc(NC(=O)C(C)OC(=O)c2cccc(F)c2)cc1. The summed E-state index contributed by atoms with van der Waals surface area (Å²) in [7, 11) is 0. The Hall–Kier alpha value is -3.22. The quantitative estimate of drug-likeness (QED) is 0.817. The number of amides is 2. The van der Waals surface area contributed by atoms with Crippen LogP contribution in [0.4, 0.5) is 15.8 Å². The van der Waals surface area contributed by atoms with Crippen LogP contribution in [0.25, 0.3) is 0 Å². The van der Waals surface area contributed by atoms with Gasteiger partial charge in [-0.2, -0.15) is 0 Å². The van der Waals surface area contributed by atoms with Gasteiger partial charge in [0.2, 0.25) is 5.91 Å². The highest BCUT2D eigenvalue weighted by Gasteiger charge is 2.19. The van der Waals surface area contributed by atoms with Crippen LogP contribution in [0.15, 0.2) is 48.5 Å². The molecule has 0 aromatic heterocycles. The van der Waals surface area contributed by atoms with Crippen molar-refractivity contribution in [3.8, 4) is 0 Å². The number of carbonyl (C=O) groups is 3. The Morgan fingerprint density at radius 3 is 2.16 bits per heavy atom. The van der Waals surface area contributed by atoms with Gasteiger partial charge < -0.3 is 15.4 Å². The zero-order valence-corrected chi connectivity index (χ0v) is 13.7. The summed E-state index contributed by atoms with van der Waals surface area (Å²) in [6.07, 6.45) is -1.06. The maximum absolute atomic E-state index is 13.1. The number of rotatable bonds is 5. The lowest BCUT2D eigenvalue weighted by atomic mass is 10.2. The predicted octanol–water partition coefficient (Wildman–Crippen LogP) is 2.97.